The number of rotatable bonds is 3. The fourth-order valence-electron chi connectivity index (χ4n) is 3.13. The molecule has 0 radical (unpaired) electrons. The second-order valence-electron chi connectivity index (χ2n) is 5.71. The van der Waals surface area contributed by atoms with Crippen LogP contribution in [0.2, 0.25) is 0 Å². The quantitative estimate of drug-likeness (QED) is 0.929. The highest BCUT2D eigenvalue weighted by Gasteiger charge is 2.19. The van der Waals surface area contributed by atoms with Crippen molar-refractivity contribution in [3.8, 4) is 5.75 Å². The average molecular weight is 274 g/mol. The topological polar surface area (TPSA) is 56.3 Å². The average Bonchev–Trinajstić information content (AvgIpc) is 2.74. The number of imidazole rings is 1. The van der Waals surface area contributed by atoms with E-state index in [-0.39, 0.29) is 0 Å². The molecule has 2 heterocycles. The van der Waals surface area contributed by atoms with Crippen LogP contribution in [0.1, 0.15) is 12.8 Å². The van der Waals surface area contributed by atoms with Gasteiger partial charge in [-0.1, -0.05) is 0 Å². The number of nitrogens with zero attached hydrogens (tertiary/aromatic N) is 3. The number of hydrogen-bond donors (Lipinski definition) is 1. The molecule has 3 rings (SSSR count). The molecule has 5 heteroatoms. The van der Waals surface area contributed by atoms with Crippen molar-refractivity contribution in [2.24, 2.45) is 5.92 Å². The first-order chi connectivity index (χ1) is 9.67. The van der Waals surface area contributed by atoms with Crippen LogP contribution in [-0.4, -0.2) is 41.7 Å². The summed E-state index contributed by atoms with van der Waals surface area (Å²) in [5, 5.41) is 0. The van der Waals surface area contributed by atoms with E-state index in [1.54, 1.807) is 7.11 Å². The second-order valence-corrected chi connectivity index (χ2v) is 5.71. The Hall–Kier alpha value is -1.75. The molecule has 1 fully saturated rings. The van der Waals surface area contributed by atoms with Crippen molar-refractivity contribution in [3.63, 3.8) is 0 Å². The molecule has 2 N–H and O–H groups in total. The van der Waals surface area contributed by atoms with E-state index in [1.165, 1.54) is 19.4 Å². The summed E-state index contributed by atoms with van der Waals surface area (Å²) in [6.45, 7) is 3.28. The Morgan fingerprint density at radius 2 is 2.30 bits per heavy atom. The predicted molar refractivity (Wildman–Crippen MR) is 80.9 cm³/mol. The zero-order valence-corrected chi connectivity index (χ0v) is 12.2. The molecule has 1 aromatic carbocycles. The molecule has 0 spiro atoms. The minimum Gasteiger partial charge on any atom is -0.497 e. The fraction of sp³-hybridized carbons (Fsp3) is 0.533. The van der Waals surface area contributed by atoms with Crippen LogP contribution >= 0.6 is 0 Å². The van der Waals surface area contributed by atoms with Crippen molar-refractivity contribution in [2.75, 3.05) is 33.0 Å². The fourth-order valence-corrected chi connectivity index (χ4v) is 3.13. The lowest BCUT2D eigenvalue weighted by Gasteiger charge is -2.30. The molecule has 1 unspecified atom stereocenters. The Kier molecular flexibility index (Phi) is 3.53. The van der Waals surface area contributed by atoms with Gasteiger partial charge in [-0.25, -0.2) is 4.98 Å². The van der Waals surface area contributed by atoms with Crippen LogP contribution in [0.15, 0.2) is 18.2 Å². The molecule has 0 aliphatic carbocycles. The molecule has 1 aliphatic rings. The molecule has 1 aliphatic heterocycles. The van der Waals surface area contributed by atoms with Crippen LogP contribution in [0.4, 0.5) is 5.95 Å². The van der Waals surface area contributed by atoms with Gasteiger partial charge in [-0.05, 0) is 44.5 Å². The Bertz CT molecular complexity index is 607. The van der Waals surface area contributed by atoms with E-state index < -0.39 is 0 Å². The van der Waals surface area contributed by atoms with Crippen molar-refractivity contribution < 1.29 is 4.74 Å². The van der Waals surface area contributed by atoms with E-state index >= 15 is 0 Å². The summed E-state index contributed by atoms with van der Waals surface area (Å²) in [6.07, 6.45) is 2.53. The van der Waals surface area contributed by atoms with Crippen LogP contribution in [0.5, 0.6) is 5.75 Å². The molecule has 0 bridgehead atoms. The lowest BCUT2D eigenvalue weighted by Crippen LogP contribution is -2.34. The van der Waals surface area contributed by atoms with E-state index in [2.05, 4.69) is 21.5 Å². The monoisotopic (exact) mass is 274 g/mol. The summed E-state index contributed by atoms with van der Waals surface area (Å²) < 4.78 is 7.38. The molecule has 20 heavy (non-hydrogen) atoms. The van der Waals surface area contributed by atoms with Crippen molar-refractivity contribution in [2.45, 2.75) is 19.4 Å². The predicted octanol–water partition coefficient (Wildman–Crippen LogP) is 1.97. The van der Waals surface area contributed by atoms with Crippen LogP contribution < -0.4 is 10.5 Å². The van der Waals surface area contributed by atoms with Gasteiger partial charge in [0.15, 0.2) is 0 Å². The third-order valence-electron chi connectivity index (χ3n) is 4.15. The summed E-state index contributed by atoms with van der Waals surface area (Å²) in [5.74, 6) is 2.07. The number of nitrogen functional groups attached to an aromatic ring is 1. The summed E-state index contributed by atoms with van der Waals surface area (Å²) in [4.78, 5) is 6.85. The molecule has 1 aromatic heterocycles. The number of methoxy groups -OCH3 is 1. The van der Waals surface area contributed by atoms with Gasteiger partial charge in [0.2, 0.25) is 5.95 Å². The van der Waals surface area contributed by atoms with E-state index in [0.717, 1.165) is 29.9 Å². The Labute approximate surface area is 119 Å². The van der Waals surface area contributed by atoms with E-state index in [4.69, 9.17) is 10.5 Å². The number of benzene rings is 1. The number of anilines is 1. The molecule has 0 amide bonds. The van der Waals surface area contributed by atoms with Crippen molar-refractivity contribution in [1.82, 2.24) is 14.5 Å². The van der Waals surface area contributed by atoms with E-state index in [1.807, 2.05) is 18.2 Å². The maximum absolute atomic E-state index is 6.09. The number of aromatic nitrogens is 2. The molecular weight excluding hydrogens is 252 g/mol. The summed E-state index contributed by atoms with van der Waals surface area (Å²) in [7, 11) is 3.85. The van der Waals surface area contributed by atoms with Crippen molar-refractivity contribution in [3.05, 3.63) is 18.2 Å². The number of fused-ring (bicyclic) bond motifs is 1. The molecule has 108 valence electrons. The highest BCUT2D eigenvalue weighted by molar-refractivity contribution is 5.79. The van der Waals surface area contributed by atoms with E-state index in [9.17, 15) is 0 Å². The summed E-state index contributed by atoms with van der Waals surface area (Å²) >= 11 is 0. The van der Waals surface area contributed by atoms with Crippen molar-refractivity contribution in [1.29, 1.82) is 0 Å². The first-order valence-corrected chi connectivity index (χ1v) is 7.15. The maximum Gasteiger partial charge on any atom is 0.201 e. The SMILES string of the molecule is COc1ccc2c(c1)nc(N)n2CC1CCCN(C)C1. The highest BCUT2D eigenvalue weighted by Crippen LogP contribution is 2.25. The standard InChI is InChI=1S/C15H22N4O/c1-18-7-3-4-11(9-18)10-19-14-6-5-12(20-2)8-13(14)17-15(19)16/h5-6,8,11H,3-4,7,9-10H2,1-2H3,(H2,16,17). The van der Waals surface area contributed by atoms with Crippen molar-refractivity contribution >= 4 is 17.0 Å². The number of ether oxygens (including phenoxy) is 1. The Morgan fingerprint density at radius 1 is 1.45 bits per heavy atom. The van der Waals surface area contributed by atoms with Gasteiger partial charge >= 0.3 is 0 Å². The van der Waals surface area contributed by atoms with Gasteiger partial charge in [0.25, 0.3) is 0 Å². The van der Waals surface area contributed by atoms with Crippen LogP contribution in [0.25, 0.3) is 11.0 Å². The summed E-state index contributed by atoms with van der Waals surface area (Å²) in [6, 6.07) is 5.95. The molecule has 1 atom stereocenters. The largest absolute Gasteiger partial charge is 0.497 e. The molecular formula is C15H22N4O. The highest BCUT2D eigenvalue weighted by atomic mass is 16.5. The smallest absolute Gasteiger partial charge is 0.201 e. The zero-order valence-electron chi connectivity index (χ0n) is 12.2. The third-order valence-corrected chi connectivity index (χ3v) is 4.15. The molecule has 5 nitrogen and oxygen atoms in total. The molecule has 1 saturated heterocycles. The number of likely N-dealkylation sites (tertiary alicyclic amines) is 1. The first kappa shape index (κ1) is 13.2. The van der Waals surface area contributed by atoms with Gasteiger partial charge in [-0.15, -0.1) is 0 Å². The lowest BCUT2D eigenvalue weighted by molar-refractivity contribution is 0.196. The van der Waals surface area contributed by atoms with Crippen LogP contribution in [-0.2, 0) is 6.54 Å². The van der Waals surface area contributed by atoms with Gasteiger partial charge in [0.1, 0.15) is 5.75 Å². The normalized spacial score (nSPS) is 20.4. The first-order valence-electron chi connectivity index (χ1n) is 7.15. The van der Waals surface area contributed by atoms with Gasteiger partial charge in [0, 0.05) is 19.2 Å². The lowest BCUT2D eigenvalue weighted by atomic mass is 9.98. The molecule has 0 saturated carbocycles. The zero-order chi connectivity index (χ0) is 14.1. The Morgan fingerprint density at radius 3 is 3.05 bits per heavy atom. The van der Waals surface area contributed by atoms with Gasteiger partial charge in [0.05, 0.1) is 18.1 Å². The maximum atomic E-state index is 6.09. The Balaban J connectivity index is 1.88. The summed E-state index contributed by atoms with van der Waals surface area (Å²) in [5.41, 5.74) is 8.10. The molecule has 2 aromatic rings. The van der Waals surface area contributed by atoms with Gasteiger partial charge < -0.3 is 19.9 Å². The second kappa shape index (κ2) is 5.32. The third kappa shape index (κ3) is 2.45. The van der Waals surface area contributed by atoms with E-state index in [0.29, 0.717) is 11.9 Å². The minimum absolute atomic E-state index is 0.599. The van der Waals surface area contributed by atoms with Gasteiger partial charge in [-0.3, -0.25) is 0 Å². The number of nitrogens with two attached hydrogens (primary N) is 1. The minimum atomic E-state index is 0.599. The van der Waals surface area contributed by atoms with Crippen LogP contribution in [0, 0.1) is 5.92 Å². The van der Waals surface area contributed by atoms with Crippen LogP contribution in [0.3, 0.4) is 0 Å². The number of hydrogen-bond acceptors (Lipinski definition) is 4. The van der Waals surface area contributed by atoms with Gasteiger partial charge in [-0.2, -0.15) is 0 Å². The number of piperidine rings is 1.